The molecule has 1 N–H and O–H groups in total. The minimum Gasteiger partial charge on any atom is -0.466 e. The van der Waals surface area contributed by atoms with E-state index in [9.17, 15) is 9.59 Å². The average Bonchev–Trinajstić information content (AvgIpc) is 2.60. The van der Waals surface area contributed by atoms with E-state index < -0.39 is 12.1 Å². The van der Waals surface area contributed by atoms with Gasteiger partial charge in [-0.1, -0.05) is 58.4 Å². The molecule has 0 spiro atoms. The largest absolute Gasteiger partial charge is 0.466 e. The van der Waals surface area contributed by atoms with Crippen molar-refractivity contribution >= 4 is 28.0 Å². The number of nitrogens with one attached hydrogen (secondary N) is 1. The Morgan fingerprint density at radius 3 is 2.50 bits per heavy atom. The molecule has 2 aromatic rings. The minimum atomic E-state index is -0.587. The molecule has 2 aromatic carbocycles. The van der Waals surface area contributed by atoms with Gasteiger partial charge in [0.05, 0.1) is 19.1 Å². The van der Waals surface area contributed by atoms with Gasteiger partial charge in [0.15, 0.2) is 0 Å². The monoisotopic (exact) mass is 419 g/mol. The van der Waals surface area contributed by atoms with Crippen molar-refractivity contribution in [2.45, 2.75) is 32.9 Å². The Bertz CT molecular complexity index is 749. The number of ether oxygens (including phenoxy) is 2. The number of halogens is 1. The van der Waals surface area contributed by atoms with Crippen molar-refractivity contribution < 1.29 is 19.1 Å². The number of carbonyl (C=O) groups is 2. The molecular weight excluding hydrogens is 398 g/mol. The summed E-state index contributed by atoms with van der Waals surface area (Å²) in [6.07, 6.45) is -0.564. The van der Waals surface area contributed by atoms with Crippen LogP contribution in [0.2, 0.25) is 0 Å². The molecule has 0 fully saturated rings. The molecule has 6 heteroatoms. The molecular formula is C20H22BrNO4. The lowest BCUT2D eigenvalue weighted by Gasteiger charge is -2.20. The Balaban J connectivity index is 2.07. The molecule has 5 nitrogen and oxygen atoms in total. The van der Waals surface area contributed by atoms with Crippen molar-refractivity contribution in [2.24, 2.45) is 0 Å². The van der Waals surface area contributed by atoms with Crippen LogP contribution in [-0.2, 0) is 20.9 Å². The van der Waals surface area contributed by atoms with Crippen LogP contribution in [0, 0.1) is 6.92 Å². The molecule has 0 aliphatic rings. The molecule has 1 unspecified atom stereocenters. The van der Waals surface area contributed by atoms with E-state index in [2.05, 4.69) is 21.2 Å². The van der Waals surface area contributed by atoms with E-state index in [1.165, 1.54) is 0 Å². The van der Waals surface area contributed by atoms with Crippen LogP contribution in [0.15, 0.2) is 53.0 Å². The maximum Gasteiger partial charge on any atom is 0.407 e. The fourth-order valence-electron chi connectivity index (χ4n) is 2.45. The third-order valence-electron chi connectivity index (χ3n) is 3.71. The van der Waals surface area contributed by atoms with Gasteiger partial charge in [-0.3, -0.25) is 4.79 Å². The second-order valence-corrected chi connectivity index (χ2v) is 6.65. The van der Waals surface area contributed by atoms with Crippen molar-refractivity contribution in [1.82, 2.24) is 5.32 Å². The van der Waals surface area contributed by atoms with E-state index in [-0.39, 0.29) is 19.0 Å². The third kappa shape index (κ3) is 6.19. The van der Waals surface area contributed by atoms with E-state index in [0.29, 0.717) is 6.61 Å². The number of amides is 1. The highest BCUT2D eigenvalue weighted by atomic mass is 79.9. The number of hydrogen-bond acceptors (Lipinski definition) is 4. The van der Waals surface area contributed by atoms with Gasteiger partial charge in [0.25, 0.3) is 0 Å². The van der Waals surface area contributed by atoms with E-state index in [1.807, 2.05) is 55.5 Å². The smallest absolute Gasteiger partial charge is 0.407 e. The zero-order valence-corrected chi connectivity index (χ0v) is 16.4. The van der Waals surface area contributed by atoms with Crippen molar-refractivity contribution in [1.29, 1.82) is 0 Å². The molecule has 0 aliphatic heterocycles. The standard InChI is InChI=1S/C20H22BrNO4/c1-3-25-19(23)12-18(16-10-9-14(2)11-17(16)21)22-20(24)26-13-15-7-5-4-6-8-15/h4-11,18H,3,12-13H2,1-2H3,(H,22,24). The fraction of sp³-hybridized carbons (Fsp3) is 0.300. The number of aryl methyl sites for hydroxylation is 1. The lowest BCUT2D eigenvalue weighted by atomic mass is 10.0. The first kappa shape index (κ1) is 20.0. The maximum absolute atomic E-state index is 12.2. The number of carbonyl (C=O) groups excluding carboxylic acids is 2. The Morgan fingerprint density at radius 2 is 1.85 bits per heavy atom. The molecule has 0 saturated heterocycles. The van der Waals surface area contributed by atoms with Gasteiger partial charge in [-0.2, -0.15) is 0 Å². The summed E-state index contributed by atoms with van der Waals surface area (Å²) >= 11 is 3.50. The number of alkyl carbamates (subject to hydrolysis) is 1. The van der Waals surface area contributed by atoms with Gasteiger partial charge in [0.1, 0.15) is 6.61 Å². The number of esters is 1. The topological polar surface area (TPSA) is 64.6 Å². The van der Waals surface area contributed by atoms with Gasteiger partial charge in [0, 0.05) is 4.47 Å². The van der Waals surface area contributed by atoms with Gasteiger partial charge < -0.3 is 14.8 Å². The van der Waals surface area contributed by atoms with Crippen LogP contribution >= 0.6 is 15.9 Å². The maximum atomic E-state index is 12.2. The summed E-state index contributed by atoms with van der Waals surface area (Å²) in [7, 11) is 0. The molecule has 0 heterocycles. The molecule has 1 amide bonds. The first-order valence-corrected chi connectivity index (χ1v) is 9.17. The summed E-state index contributed by atoms with van der Waals surface area (Å²) in [5.41, 5.74) is 2.75. The fourth-order valence-corrected chi connectivity index (χ4v) is 3.22. The Kier molecular flexibility index (Phi) is 7.66. The molecule has 2 rings (SSSR count). The summed E-state index contributed by atoms with van der Waals surface area (Å²) in [6, 6.07) is 14.6. The van der Waals surface area contributed by atoms with E-state index in [4.69, 9.17) is 9.47 Å². The molecule has 138 valence electrons. The number of rotatable bonds is 7. The molecule has 1 atom stereocenters. The van der Waals surface area contributed by atoms with Crippen molar-refractivity contribution in [2.75, 3.05) is 6.61 Å². The lowest BCUT2D eigenvalue weighted by Crippen LogP contribution is -2.31. The van der Waals surface area contributed by atoms with Crippen molar-refractivity contribution in [3.8, 4) is 0 Å². The summed E-state index contributed by atoms with van der Waals surface area (Å²) in [6.45, 7) is 4.17. The second-order valence-electron chi connectivity index (χ2n) is 5.79. The highest BCUT2D eigenvalue weighted by Gasteiger charge is 2.22. The number of benzene rings is 2. The van der Waals surface area contributed by atoms with Crippen molar-refractivity contribution in [3.63, 3.8) is 0 Å². The van der Waals surface area contributed by atoms with Crippen LogP contribution in [0.5, 0.6) is 0 Å². The van der Waals surface area contributed by atoms with Crippen LogP contribution in [0.25, 0.3) is 0 Å². The Labute approximate surface area is 161 Å². The van der Waals surface area contributed by atoms with Crippen LogP contribution in [0.1, 0.15) is 36.1 Å². The van der Waals surface area contributed by atoms with E-state index in [1.54, 1.807) is 6.92 Å². The van der Waals surface area contributed by atoms with Crippen LogP contribution in [-0.4, -0.2) is 18.7 Å². The Hall–Kier alpha value is -2.34. The summed E-state index contributed by atoms with van der Waals surface area (Å²) in [5, 5.41) is 2.76. The summed E-state index contributed by atoms with van der Waals surface area (Å²) < 4.78 is 11.1. The van der Waals surface area contributed by atoms with Gasteiger partial charge >= 0.3 is 12.1 Å². The average molecular weight is 420 g/mol. The number of hydrogen-bond donors (Lipinski definition) is 1. The summed E-state index contributed by atoms with van der Waals surface area (Å²) in [5.74, 6) is -0.381. The second kappa shape index (κ2) is 9.97. The quantitative estimate of drug-likeness (QED) is 0.661. The van der Waals surface area contributed by atoms with Gasteiger partial charge in [-0.05, 0) is 36.6 Å². The normalized spacial score (nSPS) is 11.5. The molecule has 0 aliphatic carbocycles. The SMILES string of the molecule is CCOC(=O)CC(NC(=O)OCc1ccccc1)c1ccc(C)cc1Br. The van der Waals surface area contributed by atoms with E-state index >= 15 is 0 Å². The van der Waals surface area contributed by atoms with Crippen LogP contribution in [0.4, 0.5) is 4.79 Å². The predicted molar refractivity (Wildman–Crippen MR) is 103 cm³/mol. The lowest BCUT2D eigenvalue weighted by molar-refractivity contribution is -0.143. The molecule has 26 heavy (non-hydrogen) atoms. The van der Waals surface area contributed by atoms with Crippen LogP contribution in [0.3, 0.4) is 0 Å². The molecule has 0 aromatic heterocycles. The highest BCUT2D eigenvalue weighted by molar-refractivity contribution is 9.10. The zero-order valence-electron chi connectivity index (χ0n) is 14.8. The Morgan fingerprint density at radius 1 is 1.12 bits per heavy atom. The van der Waals surface area contributed by atoms with Crippen LogP contribution < -0.4 is 5.32 Å². The van der Waals surface area contributed by atoms with E-state index in [0.717, 1.165) is 21.2 Å². The van der Waals surface area contributed by atoms with Gasteiger partial charge in [0.2, 0.25) is 0 Å². The van der Waals surface area contributed by atoms with Gasteiger partial charge in [-0.25, -0.2) is 4.79 Å². The molecule has 0 saturated carbocycles. The third-order valence-corrected chi connectivity index (χ3v) is 4.40. The first-order valence-electron chi connectivity index (χ1n) is 8.38. The molecule has 0 bridgehead atoms. The first-order chi connectivity index (χ1) is 12.5. The molecule has 0 radical (unpaired) electrons. The predicted octanol–water partition coefficient (Wildman–Crippen LogP) is 4.68. The van der Waals surface area contributed by atoms with Crippen molar-refractivity contribution in [3.05, 3.63) is 69.7 Å². The van der Waals surface area contributed by atoms with Gasteiger partial charge in [-0.15, -0.1) is 0 Å². The summed E-state index contributed by atoms with van der Waals surface area (Å²) in [4.78, 5) is 24.2. The highest BCUT2D eigenvalue weighted by Crippen LogP contribution is 2.27. The minimum absolute atomic E-state index is 0.0237. The zero-order chi connectivity index (χ0) is 18.9.